The normalized spacial score (nSPS) is 23.8. The Balaban J connectivity index is 1.51. The lowest BCUT2D eigenvalue weighted by molar-refractivity contribution is -0.133. The van der Waals surface area contributed by atoms with Crippen molar-refractivity contribution >= 4 is 17.7 Å². The lowest BCUT2D eigenvalue weighted by Gasteiger charge is -2.33. The topological polar surface area (TPSA) is 59.2 Å². The van der Waals surface area contributed by atoms with Gasteiger partial charge in [-0.1, -0.05) is 23.4 Å². The zero-order valence-electron chi connectivity index (χ0n) is 13.1. The average Bonchev–Trinajstić information content (AvgIpc) is 3.20. The molecule has 5 nitrogen and oxygen atoms in total. The number of rotatable bonds is 2. The van der Waals surface area contributed by atoms with Gasteiger partial charge >= 0.3 is 0 Å². The van der Waals surface area contributed by atoms with E-state index in [1.165, 1.54) is 10.5 Å². The molecule has 23 heavy (non-hydrogen) atoms. The Morgan fingerprint density at radius 1 is 1.39 bits per heavy atom. The van der Waals surface area contributed by atoms with Gasteiger partial charge in [-0.3, -0.25) is 4.79 Å². The van der Waals surface area contributed by atoms with Gasteiger partial charge in [-0.2, -0.15) is 4.98 Å². The van der Waals surface area contributed by atoms with Crippen molar-refractivity contribution in [2.45, 2.75) is 36.5 Å². The fourth-order valence-corrected chi connectivity index (χ4v) is 4.68. The van der Waals surface area contributed by atoms with E-state index in [0.717, 1.165) is 31.0 Å². The van der Waals surface area contributed by atoms with Gasteiger partial charge in [0.2, 0.25) is 11.8 Å². The molecule has 4 rings (SSSR count). The van der Waals surface area contributed by atoms with Crippen molar-refractivity contribution in [1.29, 1.82) is 0 Å². The number of hydrogen-bond acceptors (Lipinski definition) is 5. The highest BCUT2D eigenvalue weighted by Crippen LogP contribution is 2.41. The molecule has 0 aliphatic carbocycles. The van der Waals surface area contributed by atoms with Gasteiger partial charge in [-0.15, -0.1) is 11.8 Å². The van der Waals surface area contributed by atoms with Crippen molar-refractivity contribution in [2.24, 2.45) is 0 Å². The number of thioether (sulfide) groups is 1. The summed E-state index contributed by atoms with van der Waals surface area (Å²) in [6.45, 7) is 3.32. The van der Waals surface area contributed by atoms with Gasteiger partial charge in [0.05, 0.1) is 5.92 Å². The Bertz CT molecular complexity index is 730. The largest absolute Gasteiger partial charge is 0.341 e. The van der Waals surface area contributed by atoms with Crippen molar-refractivity contribution in [1.82, 2.24) is 15.0 Å². The molecule has 0 unspecified atom stereocenters. The summed E-state index contributed by atoms with van der Waals surface area (Å²) in [5.74, 6) is 2.59. The third-order valence-corrected chi connectivity index (χ3v) is 5.82. The second-order valence-electron chi connectivity index (χ2n) is 6.20. The maximum absolute atomic E-state index is 13.0. The second kappa shape index (κ2) is 6.00. The van der Waals surface area contributed by atoms with Crippen LogP contribution in [0.15, 0.2) is 33.7 Å². The summed E-state index contributed by atoms with van der Waals surface area (Å²) >= 11 is 1.78. The first-order chi connectivity index (χ1) is 11.2. The van der Waals surface area contributed by atoms with Crippen molar-refractivity contribution in [3.05, 3.63) is 41.5 Å². The van der Waals surface area contributed by atoms with E-state index in [9.17, 15) is 4.79 Å². The molecule has 0 N–H and O–H groups in total. The summed E-state index contributed by atoms with van der Waals surface area (Å²) < 4.78 is 5.09. The van der Waals surface area contributed by atoms with E-state index in [0.29, 0.717) is 12.4 Å². The van der Waals surface area contributed by atoms with Crippen LogP contribution in [-0.2, 0) is 4.79 Å². The van der Waals surface area contributed by atoms with Crippen molar-refractivity contribution in [2.75, 3.05) is 18.8 Å². The summed E-state index contributed by atoms with van der Waals surface area (Å²) in [6.07, 6.45) is 2.00. The fraction of sp³-hybridized carbons (Fsp3) is 0.471. The van der Waals surface area contributed by atoms with Crippen LogP contribution in [0.25, 0.3) is 0 Å². The summed E-state index contributed by atoms with van der Waals surface area (Å²) in [4.78, 5) is 20.6. The Morgan fingerprint density at radius 2 is 2.26 bits per heavy atom. The zero-order chi connectivity index (χ0) is 15.8. The fourth-order valence-electron chi connectivity index (χ4n) is 3.46. The third kappa shape index (κ3) is 2.76. The number of carbonyl (C=O) groups is 1. The molecule has 1 saturated heterocycles. The minimum Gasteiger partial charge on any atom is -0.341 e. The number of fused-ring (bicyclic) bond motifs is 1. The van der Waals surface area contributed by atoms with Crippen LogP contribution in [-0.4, -0.2) is 39.8 Å². The van der Waals surface area contributed by atoms with Crippen molar-refractivity contribution in [3.63, 3.8) is 0 Å². The van der Waals surface area contributed by atoms with Gasteiger partial charge in [-0.25, -0.2) is 0 Å². The van der Waals surface area contributed by atoms with Crippen LogP contribution in [0.1, 0.15) is 42.0 Å². The minimum absolute atomic E-state index is 0.0121. The summed E-state index contributed by atoms with van der Waals surface area (Å²) in [5, 5.41) is 4.04. The highest BCUT2D eigenvalue weighted by molar-refractivity contribution is 7.99. The van der Waals surface area contributed by atoms with E-state index in [-0.39, 0.29) is 17.7 Å². The maximum Gasteiger partial charge on any atom is 0.231 e. The molecule has 2 atom stereocenters. The van der Waals surface area contributed by atoms with Crippen LogP contribution in [0.3, 0.4) is 0 Å². The standard InChI is InChI=1S/C17H19N3O2S/c1-11-18-16(19-22-11)12-5-4-8-20(9-12)17(21)14-10-23-15-7-3-2-6-13(14)15/h2-3,6-7,12,14H,4-5,8-10H2,1H3/t12-,14+/m1/s1. The summed E-state index contributed by atoms with van der Waals surface area (Å²) in [5.41, 5.74) is 1.18. The number of aryl methyl sites for hydroxylation is 1. The molecule has 0 bridgehead atoms. The molecular weight excluding hydrogens is 310 g/mol. The van der Waals surface area contributed by atoms with Crippen molar-refractivity contribution < 1.29 is 9.32 Å². The van der Waals surface area contributed by atoms with Crippen LogP contribution >= 0.6 is 11.8 Å². The summed E-state index contributed by atoms with van der Waals surface area (Å²) in [6, 6.07) is 8.25. The Morgan fingerprint density at radius 3 is 3.09 bits per heavy atom. The predicted molar refractivity (Wildman–Crippen MR) is 87.5 cm³/mol. The van der Waals surface area contributed by atoms with Gasteiger partial charge in [0.25, 0.3) is 0 Å². The van der Waals surface area contributed by atoms with E-state index in [1.54, 1.807) is 18.7 Å². The molecule has 2 aliphatic heterocycles. The molecule has 0 radical (unpaired) electrons. The van der Waals surface area contributed by atoms with E-state index in [1.807, 2.05) is 17.0 Å². The molecule has 1 fully saturated rings. The first-order valence-electron chi connectivity index (χ1n) is 8.03. The number of piperidine rings is 1. The van der Waals surface area contributed by atoms with E-state index in [4.69, 9.17) is 4.52 Å². The average molecular weight is 329 g/mol. The minimum atomic E-state index is -0.0121. The van der Waals surface area contributed by atoms with Crippen LogP contribution in [0.5, 0.6) is 0 Å². The lowest BCUT2D eigenvalue weighted by atomic mass is 9.94. The van der Waals surface area contributed by atoms with Crippen LogP contribution in [0, 0.1) is 6.92 Å². The van der Waals surface area contributed by atoms with Gasteiger partial charge in [0.15, 0.2) is 5.82 Å². The molecule has 0 saturated carbocycles. The van der Waals surface area contributed by atoms with Gasteiger partial charge in [0, 0.05) is 36.6 Å². The van der Waals surface area contributed by atoms with Gasteiger partial charge in [0.1, 0.15) is 0 Å². The molecule has 1 amide bonds. The second-order valence-corrected chi connectivity index (χ2v) is 7.26. The highest BCUT2D eigenvalue weighted by Gasteiger charge is 2.35. The molecule has 1 aromatic carbocycles. The number of aromatic nitrogens is 2. The number of likely N-dealkylation sites (tertiary alicyclic amines) is 1. The monoisotopic (exact) mass is 329 g/mol. The number of carbonyl (C=O) groups excluding carboxylic acids is 1. The van der Waals surface area contributed by atoms with Gasteiger partial charge in [-0.05, 0) is 24.5 Å². The lowest BCUT2D eigenvalue weighted by Crippen LogP contribution is -2.42. The van der Waals surface area contributed by atoms with Crippen LogP contribution < -0.4 is 0 Å². The molecule has 2 aliphatic rings. The molecule has 1 aromatic heterocycles. The number of nitrogens with zero attached hydrogens (tertiary/aromatic N) is 3. The quantitative estimate of drug-likeness (QED) is 0.848. The third-order valence-electron chi connectivity index (χ3n) is 4.64. The van der Waals surface area contributed by atoms with Crippen molar-refractivity contribution in [3.8, 4) is 0 Å². The SMILES string of the molecule is Cc1nc([C@@H]2CCCN(C(=O)[C@H]3CSc4ccccc43)C2)no1. The van der Waals surface area contributed by atoms with E-state index < -0.39 is 0 Å². The highest BCUT2D eigenvalue weighted by atomic mass is 32.2. The number of benzene rings is 1. The molecule has 120 valence electrons. The number of hydrogen-bond donors (Lipinski definition) is 0. The van der Waals surface area contributed by atoms with E-state index >= 15 is 0 Å². The predicted octanol–water partition coefficient (Wildman–Crippen LogP) is 2.97. The van der Waals surface area contributed by atoms with Crippen LogP contribution in [0.2, 0.25) is 0 Å². The molecule has 0 spiro atoms. The molecule has 3 heterocycles. The zero-order valence-corrected chi connectivity index (χ0v) is 13.9. The first kappa shape index (κ1) is 14.8. The summed E-state index contributed by atoms with van der Waals surface area (Å²) in [7, 11) is 0. The number of amides is 1. The Hall–Kier alpha value is -1.82. The maximum atomic E-state index is 13.0. The first-order valence-corrected chi connectivity index (χ1v) is 9.01. The smallest absolute Gasteiger partial charge is 0.231 e. The Kier molecular flexibility index (Phi) is 3.85. The Labute approximate surface area is 139 Å². The molecular formula is C17H19N3O2S. The van der Waals surface area contributed by atoms with Gasteiger partial charge < -0.3 is 9.42 Å². The molecule has 2 aromatic rings. The van der Waals surface area contributed by atoms with Crippen LogP contribution in [0.4, 0.5) is 0 Å². The van der Waals surface area contributed by atoms with E-state index in [2.05, 4.69) is 22.3 Å². The molecule has 6 heteroatoms.